The Balaban J connectivity index is 0.00000243. The Morgan fingerprint density at radius 3 is 2.62 bits per heavy atom. The molecule has 3 rings (SSSR count). The molecule has 2 fully saturated rings. The van der Waals surface area contributed by atoms with Crippen molar-refractivity contribution in [3.8, 4) is 5.75 Å². The van der Waals surface area contributed by atoms with E-state index < -0.39 is 0 Å². The number of amides is 1. The number of halogens is 1. The largest absolute Gasteiger partial charge is 0.484 e. The molecule has 1 amide bonds. The highest BCUT2D eigenvalue weighted by Gasteiger charge is 2.26. The summed E-state index contributed by atoms with van der Waals surface area (Å²) in [4.78, 5) is 14.6. The number of rotatable bonds is 7. The van der Waals surface area contributed by atoms with Gasteiger partial charge in [-0.1, -0.05) is 19.1 Å². The molecular formula is C19H29ClN2O2S2. The Bertz CT molecular complexity index is 547. The zero-order valence-corrected chi connectivity index (χ0v) is 17.8. The third-order valence-electron chi connectivity index (χ3n) is 4.60. The van der Waals surface area contributed by atoms with Gasteiger partial charge in [-0.05, 0) is 55.0 Å². The van der Waals surface area contributed by atoms with Crippen molar-refractivity contribution >= 4 is 41.8 Å². The van der Waals surface area contributed by atoms with Crippen LogP contribution in [0.3, 0.4) is 0 Å². The monoisotopic (exact) mass is 416 g/mol. The van der Waals surface area contributed by atoms with Gasteiger partial charge in [0.25, 0.3) is 5.91 Å². The van der Waals surface area contributed by atoms with Gasteiger partial charge in [0.15, 0.2) is 6.61 Å². The summed E-state index contributed by atoms with van der Waals surface area (Å²) in [6.45, 7) is 4.95. The van der Waals surface area contributed by atoms with Crippen LogP contribution in [0.4, 0.5) is 0 Å². The van der Waals surface area contributed by atoms with Gasteiger partial charge in [0.1, 0.15) is 5.75 Å². The normalized spacial score (nSPS) is 20.4. The van der Waals surface area contributed by atoms with E-state index >= 15 is 0 Å². The molecule has 0 aliphatic carbocycles. The highest BCUT2D eigenvalue weighted by molar-refractivity contribution is 8.16. The zero-order chi connectivity index (χ0) is 17.5. The van der Waals surface area contributed by atoms with Gasteiger partial charge in [0.2, 0.25) is 0 Å². The number of benzene rings is 1. The van der Waals surface area contributed by atoms with Crippen LogP contribution in [0, 0.1) is 0 Å². The minimum absolute atomic E-state index is 0. The van der Waals surface area contributed by atoms with Gasteiger partial charge in [-0.15, -0.1) is 35.9 Å². The first-order valence-electron chi connectivity index (χ1n) is 9.24. The van der Waals surface area contributed by atoms with E-state index in [1.54, 1.807) is 0 Å². The fourth-order valence-corrected chi connectivity index (χ4v) is 6.18. The van der Waals surface area contributed by atoms with Crippen molar-refractivity contribution in [1.29, 1.82) is 0 Å². The molecule has 2 aliphatic heterocycles. The first-order valence-corrected chi connectivity index (χ1v) is 11.3. The number of thioether (sulfide) groups is 2. The van der Waals surface area contributed by atoms with Gasteiger partial charge < -0.3 is 15.0 Å². The third kappa shape index (κ3) is 5.98. The predicted octanol–water partition coefficient (Wildman–Crippen LogP) is 3.96. The van der Waals surface area contributed by atoms with Crippen molar-refractivity contribution in [1.82, 2.24) is 10.2 Å². The zero-order valence-electron chi connectivity index (χ0n) is 15.3. The standard InChI is InChI=1S/C19H28N2O2S2.ClH/c1-2-10-21(16-8-9-20-13-16)18(22)14-23-17-6-4-15(5-7-17)19-24-11-3-12-25-19;/h4-7,16,19-20H,2-3,8-14H2,1H3;1H. The number of nitrogens with one attached hydrogen (secondary N) is 1. The van der Waals surface area contributed by atoms with Crippen molar-refractivity contribution < 1.29 is 9.53 Å². The first-order chi connectivity index (χ1) is 12.3. The molecule has 2 saturated heterocycles. The summed E-state index contributed by atoms with van der Waals surface area (Å²) < 4.78 is 6.31. The van der Waals surface area contributed by atoms with Crippen molar-refractivity contribution in [3.05, 3.63) is 29.8 Å². The second-order valence-electron chi connectivity index (χ2n) is 6.52. The Morgan fingerprint density at radius 2 is 2.00 bits per heavy atom. The van der Waals surface area contributed by atoms with E-state index in [1.165, 1.54) is 23.5 Å². The number of carbonyl (C=O) groups excluding carboxylic acids is 1. The van der Waals surface area contributed by atoms with Crippen LogP contribution in [-0.4, -0.2) is 54.6 Å². The number of hydrogen-bond donors (Lipinski definition) is 1. The topological polar surface area (TPSA) is 41.6 Å². The van der Waals surface area contributed by atoms with Crippen LogP contribution < -0.4 is 10.1 Å². The van der Waals surface area contributed by atoms with Gasteiger partial charge in [-0.2, -0.15) is 0 Å². The second-order valence-corrected chi connectivity index (χ2v) is 9.24. The Hall–Kier alpha value is -0.560. The molecule has 2 heterocycles. The lowest BCUT2D eigenvalue weighted by molar-refractivity contribution is -0.135. The molecule has 0 spiro atoms. The molecule has 26 heavy (non-hydrogen) atoms. The van der Waals surface area contributed by atoms with Crippen molar-refractivity contribution in [2.24, 2.45) is 0 Å². The Morgan fingerprint density at radius 1 is 1.27 bits per heavy atom. The van der Waals surface area contributed by atoms with E-state index in [2.05, 4.69) is 24.4 Å². The van der Waals surface area contributed by atoms with Crippen LogP contribution in [0.5, 0.6) is 5.75 Å². The molecule has 1 aromatic rings. The van der Waals surface area contributed by atoms with Crippen LogP contribution in [-0.2, 0) is 4.79 Å². The lowest BCUT2D eigenvalue weighted by Gasteiger charge is -2.28. The lowest BCUT2D eigenvalue weighted by atomic mass is 10.2. The SMILES string of the molecule is CCCN(C(=O)COc1ccc(C2SCCCS2)cc1)C1CCNC1.Cl. The number of nitrogens with zero attached hydrogens (tertiary/aromatic N) is 1. The van der Waals surface area contributed by atoms with Gasteiger partial charge in [-0.25, -0.2) is 0 Å². The fourth-order valence-electron chi connectivity index (χ4n) is 3.29. The first kappa shape index (κ1) is 21.7. The van der Waals surface area contributed by atoms with Crippen molar-refractivity contribution in [2.45, 2.75) is 36.8 Å². The fraction of sp³-hybridized carbons (Fsp3) is 0.632. The quantitative estimate of drug-likeness (QED) is 0.728. The minimum atomic E-state index is 0. The summed E-state index contributed by atoms with van der Waals surface area (Å²) in [5.41, 5.74) is 1.35. The van der Waals surface area contributed by atoms with Gasteiger partial charge in [0, 0.05) is 19.1 Å². The summed E-state index contributed by atoms with van der Waals surface area (Å²) in [7, 11) is 0. The maximum Gasteiger partial charge on any atom is 0.260 e. The van der Waals surface area contributed by atoms with Gasteiger partial charge in [0.05, 0.1) is 4.58 Å². The van der Waals surface area contributed by atoms with Crippen LogP contribution in [0.25, 0.3) is 0 Å². The molecule has 1 aromatic carbocycles. The van der Waals surface area contributed by atoms with Crippen molar-refractivity contribution in [2.75, 3.05) is 37.7 Å². The highest BCUT2D eigenvalue weighted by Crippen LogP contribution is 2.43. The predicted molar refractivity (Wildman–Crippen MR) is 115 cm³/mol. The van der Waals surface area contributed by atoms with E-state index in [-0.39, 0.29) is 24.9 Å². The molecule has 1 unspecified atom stereocenters. The molecule has 0 aromatic heterocycles. The maximum atomic E-state index is 12.6. The summed E-state index contributed by atoms with van der Waals surface area (Å²) >= 11 is 4.04. The maximum absolute atomic E-state index is 12.6. The molecular weight excluding hydrogens is 388 g/mol. The number of carbonyl (C=O) groups is 1. The van der Waals surface area contributed by atoms with E-state index in [9.17, 15) is 4.79 Å². The van der Waals surface area contributed by atoms with E-state index in [0.29, 0.717) is 10.6 Å². The third-order valence-corrected chi connectivity index (χ3v) is 7.62. The average molecular weight is 417 g/mol. The molecule has 7 heteroatoms. The molecule has 0 saturated carbocycles. The smallest absolute Gasteiger partial charge is 0.260 e. The molecule has 146 valence electrons. The Labute approximate surface area is 171 Å². The van der Waals surface area contributed by atoms with E-state index in [4.69, 9.17) is 4.74 Å². The molecule has 1 N–H and O–H groups in total. The van der Waals surface area contributed by atoms with Crippen LogP contribution in [0.2, 0.25) is 0 Å². The molecule has 0 radical (unpaired) electrons. The van der Waals surface area contributed by atoms with E-state index in [1.807, 2.05) is 40.6 Å². The summed E-state index contributed by atoms with van der Waals surface area (Å²) in [6, 6.07) is 8.60. The number of ether oxygens (including phenoxy) is 1. The Kier molecular flexibility index (Phi) is 9.46. The summed E-state index contributed by atoms with van der Waals surface area (Å²) in [6.07, 6.45) is 3.32. The summed E-state index contributed by atoms with van der Waals surface area (Å²) in [5, 5.41) is 3.34. The van der Waals surface area contributed by atoms with Gasteiger partial charge >= 0.3 is 0 Å². The average Bonchev–Trinajstić information content (AvgIpc) is 3.19. The lowest BCUT2D eigenvalue weighted by Crippen LogP contribution is -2.44. The van der Waals surface area contributed by atoms with E-state index in [0.717, 1.165) is 38.2 Å². The van der Waals surface area contributed by atoms with Crippen LogP contribution in [0.1, 0.15) is 36.3 Å². The highest BCUT2D eigenvalue weighted by atomic mass is 35.5. The summed E-state index contributed by atoms with van der Waals surface area (Å²) in [5.74, 6) is 3.36. The van der Waals surface area contributed by atoms with Gasteiger partial charge in [-0.3, -0.25) is 4.79 Å². The second kappa shape index (κ2) is 11.3. The number of hydrogen-bond acceptors (Lipinski definition) is 5. The molecule has 2 aliphatic rings. The van der Waals surface area contributed by atoms with Crippen LogP contribution in [0.15, 0.2) is 24.3 Å². The molecule has 0 bridgehead atoms. The van der Waals surface area contributed by atoms with Crippen molar-refractivity contribution in [3.63, 3.8) is 0 Å². The van der Waals surface area contributed by atoms with Crippen LogP contribution >= 0.6 is 35.9 Å². The molecule has 4 nitrogen and oxygen atoms in total. The molecule has 1 atom stereocenters. The minimum Gasteiger partial charge on any atom is -0.484 e.